The zero-order valence-electron chi connectivity index (χ0n) is 16.7. The van der Waals surface area contributed by atoms with Gasteiger partial charge in [-0.05, 0) is 41.8 Å². The molecule has 0 aliphatic carbocycles. The largest absolute Gasteiger partial charge is 0.493 e. The summed E-state index contributed by atoms with van der Waals surface area (Å²) in [4.78, 5) is 16.5. The molecule has 148 valence electrons. The second-order valence-electron chi connectivity index (χ2n) is 6.82. The minimum absolute atomic E-state index is 0.535. The molecular formula is C22H23N5O2. The van der Waals surface area contributed by atoms with E-state index in [1.807, 2.05) is 43.7 Å². The van der Waals surface area contributed by atoms with Gasteiger partial charge in [0.2, 0.25) is 5.88 Å². The smallest absolute Gasteiger partial charge is 0.218 e. The standard InChI is InChI=1S/C22H23N5O2/c1-14-7-18-17(13-26-20(18)24-10-14)8-15-9-19(28-2)21(25-11-15)27-12-16-5-4-6-23-22(16)29-3/h4-7,9-11,13H,8,12H2,1-3H3,(H,24,26)(H,25,27). The van der Waals surface area contributed by atoms with Gasteiger partial charge in [-0.3, -0.25) is 0 Å². The monoisotopic (exact) mass is 389 g/mol. The first kappa shape index (κ1) is 18.7. The summed E-state index contributed by atoms with van der Waals surface area (Å²) in [7, 11) is 3.26. The Morgan fingerprint density at radius 3 is 2.76 bits per heavy atom. The Labute approximate surface area is 169 Å². The molecule has 0 amide bonds. The van der Waals surface area contributed by atoms with Crippen molar-refractivity contribution in [3.05, 3.63) is 71.3 Å². The Bertz CT molecular complexity index is 1140. The number of methoxy groups -OCH3 is 2. The fourth-order valence-corrected chi connectivity index (χ4v) is 3.32. The van der Waals surface area contributed by atoms with Crippen molar-refractivity contribution in [2.24, 2.45) is 0 Å². The van der Waals surface area contributed by atoms with E-state index in [0.717, 1.165) is 34.1 Å². The number of nitrogens with one attached hydrogen (secondary N) is 2. The molecular weight excluding hydrogens is 366 g/mol. The van der Waals surface area contributed by atoms with Gasteiger partial charge in [0.1, 0.15) is 5.65 Å². The first-order valence-corrected chi connectivity index (χ1v) is 9.35. The number of rotatable bonds is 7. The summed E-state index contributed by atoms with van der Waals surface area (Å²) in [5, 5.41) is 4.44. The quantitative estimate of drug-likeness (QED) is 0.499. The van der Waals surface area contributed by atoms with Gasteiger partial charge in [-0.2, -0.15) is 0 Å². The highest BCUT2D eigenvalue weighted by Crippen LogP contribution is 2.27. The predicted octanol–water partition coefficient (Wildman–Crippen LogP) is 3.88. The van der Waals surface area contributed by atoms with Crippen LogP contribution in [0.5, 0.6) is 11.6 Å². The summed E-state index contributed by atoms with van der Waals surface area (Å²) in [5.41, 5.74) is 5.23. The highest BCUT2D eigenvalue weighted by molar-refractivity contribution is 5.80. The van der Waals surface area contributed by atoms with Crippen LogP contribution in [0.3, 0.4) is 0 Å². The van der Waals surface area contributed by atoms with Crippen molar-refractivity contribution in [2.45, 2.75) is 19.9 Å². The summed E-state index contributed by atoms with van der Waals surface area (Å²) >= 11 is 0. The summed E-state index contributed by atoms with van der Waals surface area (Å²) in [6, 6.07) is 8.01. The van der Waals surface area contributed by atoms with Gasteiger partial charge in [-0.25, -0.2) is 15.0 Å². The maximum atomic E-state index is 5.56. The van der Waals surface area contributed by atoms with Gasteiger partial charge < -0.3 is 19.8 Å². The molecule has 4 aromatic heterocycles. The molecule has 0 aromatic carbocycles. The predicted molar refractivity (Wildman–Crippen MR) is 113 cm³/mol. The number of pyridine rings is 3. The molecule has 0 spiro atoms. The summed E-state index contributed by atoms with van der Waals surface area (Å²) < 4.78 is 10.9. The molecule has 4 aromatic rings. The molecule has 0 atom stereocenters. The molecule has 4 heterocycles. The van der Waals surface area contributed by atoms with E-state index in [1.54, 1.807) is 20.4 Å². The average Bonchev–Trinajstić information content (AvgIpc) is 3.14. The van der Waals surface area contributed by atoms with E-state index in [9.17, 15) is 0 Å². The van der Waals surface area contributed by atoms with Gasteiger partial charge >= 0.3 is 0 Å². The number of ether oxygens (including phenoxy) is 2. The highest BCUT2D eigenvalue weighted by atomic mass is 16.5. The van der Waals surface area contributed by atoms with E-state index in [0.29, 0.717) is 24.0 Å². The molecule has 4 rings (SSSR count). The van der Waals surface area contributed by atoms with Crippen molar-refractivity contribution in [3.8, 4) is 11.6 Å². The van der Waals surface area contributed by atoms with Gasteiger partial charge in [0.25, 0.3) is 0 Å². The van der Waals surface area contributed by atoms with Gasteiger partial charge in [-0.15, -0.1) is 0 Å². The van der Waals surface area contributed by atoms with E-state index < -0.39 is 0 Å². The second kappa shape index (κ2) is 8.18. The van der Waals surface area contributed by atoms with Crippen LogP contribution in [0.2, 0.25) is 0 Å². The van der Waals surface area contributed by atoms with E-state index in [1.165, 1.54) is 5.56 Å². The molecule has 0 aliphatic heterocycles. The first-order chi connectivity index (χ1) is 14.2. The lowest BCUT2D eigenvalue weighted by molar-refractivity contribution is 0.393. The molecule has 0 bridgehead atoms. The number of fused-ring (bicyclic) bond motifs is 1. The van der Waals surface area contributed by atoms with E-state index >= 15 is 0 Å². The van der Waals surface area contributed by atoms with Crippen molar-refractivity contribution in [2.75, 3.05) is 19.5 Å². The van der Waals surface area contributed by atoms with Crippen LogP contribution in [-0.2, 0) is 13.0 Å². The maximum Gasteiger partial charge on any atom is 0.218 e. The van der Waals surface area contributed by atoms with Crippen LogP contribution in [0.25, 0.3) is 11.0 Å². The lowest BCUT2D eigenvalue weighted by Crippen LogP contribution is -2.06. The van der Waals surface area contributed by atoms with Crippen LogP contribution in [0.1, 0.15) is 22.3 Å². The van der Waals surface area contributed by atoms with Gasteiger partial charge in [0.15, 0.2) is 11.6 Å². The minimum atomic E-state index is 0.535. The zero-order chi connectivity index (χ0) is 20.2. The van der Waals surface area contributed by atoms with Crippen molar-refractivity contribution < 1.29 is 9.47 Å². The van der Waals surface area contributed by atoms with Gasteiger partial charge in [-0.1, -0.05) is 6.07 Å². The molecule has 2 N–H and O–H groups in total. The van der Waals surface area contributed by atoms with Gasteiger partial charge in [0, 0.05) is 48.7 Å². The van der Waals surface area contributed by atoms with E-state index in [-0.39, 0.29) is 0 Å². The van der Waals surface area contributed by atoms with Crippen LogP contribution >= 0.6 is 0 Å². The molecule has 7 nitrogen and oxygen atoms in total. The molecule has 29 heavy (non-hydrogen) atoms. The molecule has 7 heteroatoms. The molecule has 0 radical (unpaired) electrons. The van der Waals surface area contributed by atoms with Crippen molar-refractivity contribution >= 4 is 16.9 Å². The normalized spacial score (nSPS) is 10.9. The maximum absolute atomic E-state index is 5.56. The van der Waals surface area contributed by atoms with Crippen LogP contribution < -0.4 is 14.8 Å². The lowest BCUT2D eigenvalue weighted by Gasteiger charge is -2.13. The van der Waals surface area contributed by atoms with Gasteiger partial charge in [0.05, 0.1) is 14.2 Å². The number of H-pyrrole nitrogens is 1. The summed E-state index contributed by atoms with van der Waals surface area (Å²) in [6.07, 6.45) is 8.19. The number of hydrogen-bond acceptors (Lipinski definition) is 6. The number of anilines is 1. The molecule has 0 fully saturated rings. The summed E-state index contributed by atoms with van der Waals surface area (Å²) in [5.74, 6) is 1.97. The van der Waals surface area contributed by atoms with Crippen LogP contribution in [-0.4, -0.2) is 34.2 Å². The van der Waals surface area contributed by atoms with Crippen LogP contribution in [0, 0.1) is 6.92 Å². The molecule has 0 aliphatic rings. The number of nitrogens with zero attached hydrogens (tertiary/aromatic N) is 3. The third kappa shape index (κ3) is 3.99. The number of hydrogen-bond donors (Lipinski definition) is 2. The van der Waals surface area contributed by atoms with Crippen molar-refractivity contribution in [1.29, 1.82) is 0 Å². The summed E-state index contributed by atoms with van der Waals surface area (Å²) in [6.45, 7) is 2.58. The highest BCUT2D eigenvalue weighted by Gasteiger charge is 2.11. The van der Waals surface area contributed by atoms with Crippen molar-refractivity contribution in [1.82, 2.24) is 19.9 Å². The van der Waals surface area contributed by atoms with E-state index in [2.05, 4.69) is 31.3 Å². The Kier molecular flexibility index (Phi) is 5.29. The Morgan fingerprint density at radius 2 is 1.93 bits per heavy atom. The number of aromatic nitrogens is 4. The third-order valence-electron chi connectivity index (χ3n) is 4.77. The number of aryl methyl sites for hydroxylation is 1. The molecule has 0 saturated carbocycles. The fourth-order valence-electron chi connectivity index (χ4n) is 3.32. The Morgan fingerprint density at radius 1 is 1.03 bits per heavy atom. The minimum Gasteiger partial charge on any atom is -0.493 e. The first-order valence-electron chi connectivity index (χ1n) is 9.35. The average molecular weight is 389 g/mol. The van der Waals surface area contributed by atoms with Crippen LogP contribution in [0.4, 0.5) is 5.82 Å². The number of aromatic amines is 1. The zero-order valence-corrected chi connectivity index (χ0v) is 16.7. The molecule has 0 unspecified atom stereocenters. The SMILES string of the molecule is COc1cc(Cc2c[nH]c3ncc(C)cc23)cnc1NCc1cccnc1OC. The third-order valence-corrected chi connectivity index (χ3v) is 4.77. The second-order valence-corrected chi connectivity index (χ2v) is 6.82. The Balaban J connectivity index is 1.54. The molecule has 0 saturated heterocycles. The topological polar surface area (TPSA) is 85.0 Å². The van der Waals surface area contributed by atoms with E-state index in [4.69, 9.17) is 9.47 Å². The van der Waals surface area contributed by atoms with Crippen LogP contribution in [0.15, 0.2) is 49.1 Å². The fraction of sp³-hybridized carbons (Fsp3) is 0.227. The lowest BCUT2D eigenvalue weighted by atomic mass is 10.1. The Hall–Kier alpha value is -3.61. The van der Waals surface area contributed by atoms with Crippen molar-refractivity contribution in [3.63, 3.8) is 0 Å².